The van der Waals surface area contributed by atoms with Crippen molar-refractivity contribution in [2.75, 3.05) is 0 Å². The van der Waals surface area contributed by atoms with Crippen molar-refractivity contribution in [1.29, 1.82) is 0 Å². The largest absolute Gasteiger partial charge is 0.453 e. The molecule has 2 rings (SSSR count). The lowest BCUT2D eigenvalue weighted by atomic mass is 10.0. The molecule has 106 valence electrons. The zero-order chi connectivity index (χ0) is 14.8. The Morgan fingerprint density at radius 1 is 1.20 bits per heavy atom. The minimum absolute atomic E-state index is 0.111. The summed E-state index contributed by atoms with van der Waals surface area (Å²) in [6.07, 6.45) is -4.56. The van der Waals surface area contributed by atoms with Crippen molar-refractivity contribution >= 4 is 18.1 Å². The van der Waals surface area contributed by atoms with Crippen molar-refractivity contribution in [3.05, 3.63) is 58.4 Å². The average molecular weight is 304 g/mol. The van der Waals surface area contributed by atoms with E-state index in [2.05, 4.69) is 4.98 Å². The summed E-state index contributed by atoms with van der Waals surface area (Å²) in [5.74, 6) is 0. The highest BCUT2D eigenvalue weighted by Gasteiger charge is 2.37. The molecule has 0 radical (unpaired) electrons. The van der Waals surface area contributed by atoms with Gasteiger partial charge in [-0.25, -0.2) is 0 Å². The molecule has 0 saturated heterocycles. The van der Waals surface area contributed by atoms with Crippen LogP contribution in [0.3, 0.4) is 0 Å². The van der Waals surface area contributed by atoms with Crippen molar-refractivity contribution in [3.8, 4) is 0 Å². The second-order valence-corrected chi connectivity index (χ2v) is 4.40. The maximum Gasteiger partial charge on any atom is 0.418 e. The zero-order valence-corrected chi connectivity index (χ0v) is 10.7. The monoisotopic (exact) mass is 303 g/mol. The lowest BCUT2D eigenvalue weighted by molar-refractivity contribution is -0.141. The van der Waals surface area contributed by atoms with E-state index in [4.69, 9.17) is 16.3 Å². The molecule has 3 nitrogen and oxygen atoms in total. The van der Waals surface area contributed by atoms with Crippen LogP contribution < -0.4 is 0 Å². The van der Waals surface area contributed by atoms with E-state index < -0.39 is 17.8 Å². The van der Waals surface area contributed by atoms with E-state index in [1.165, 1.54) is 24.3 Å². The quantitative estimate of drug-likeness (QED) is 0.869. The number of aromatic nitrogens is 1. The molecule has 1 aromatic carbocycles. The summed E-state index contributed by atoms with van der Waals surface area (Å²) in [5, 5.41) is 0.432. The van der Waals surface area contributed by atoms with Crippen LogP contribution in [-0.4, -0.2) is 11.5 Å². The van der Waals surface area contributed by atoms with Gasteiger partial charge in [-0.1, -0.05) is 23.7 Å². The first-order chi connectivity index (χ1) is 9.43. The topological polar surface area (TPSA) is 42.1 Å². The van der Waals surface area contributed by atoms with Crippen LogP contribution in [-0.2, 0) is 15.7 Å². The van der Waals surface area contributed by atoms with Crippen molar-refractivity contribution < 1.29 is 22.7 Å². The van der Waals surface area contributed by atoms with E-state index in [0.717, 1.165) is 12.3 Å². The Hall–Kier alpha value is -1.95. The third-order valence-corrected chi connectivity index (χ3v) is 2.96. The molecular formula is C13H9ClF3NO2. The molecule has 0 aliphatic carbocycles. The van der Waals surface area contributed by atoms with Gasteiger partial charge in [-0.2, -0.15) is 13.2 Å². The molecule has 0 saturated carbocycles. The first-order valence-corrected chi connectivity index (χ1v) is 5.90. The summed E-state index contributed by atoms with van der Waals surface area (Å²) < 4.78 is 43.4. The minimum Gasteiger partial charge on any atom is -0.453 e. The number of benzene rings is 1. The number of ether oxygens (including phenoxy) is 1. The van der Waals surface area contributed by atoms with Gasteiger partial charge in [0, 0.05) is 11.2 Å². The highest BCUT2D eigenvalue weighted by Crippen LogP contribution is 2.37. The molecule has 0 aliphatic heterocycles. The summed E-state index contributed by atoms with van der Waals surface area (Å²) in [6.45, 7) is 0.111. The summed E-state index contributed by atoms with van der Waals surface area (Å²) in [7, 11) is 0. The van der Waals surface area contributed by atoms with Crippen molar-refractivity contribution in [1.82, 2.24) is 4.98 Å². The average Bonchev–Trinajstić information content (AvgIpc) is 2.86. The Kier molecular flexibility index (Phi) is 4.04. The molecule has 20 heavy (non-hydrogen) atoms. The summed E-state index contributed by atoms with van der Waals surface area (Å²) in [6, 6.07) is 6.91. The SMILES string of the molecule is O=COC(c1ccc(Cl)cc1)c1[nH]ccc1C(F)(F)F. The Morgan fingerprint density at radius 3 is 2.40 bits per heavy atom. The maximum absolute atomic E-state index is 12.9. The van der Waals surface area contributed by atoms with Gasteiger partial charge < -0.3 is 9.72 Å². The summed E-state index contributed by atoms with van der Waals surface area (Å²) in [4.78, 5) is 13.0. The fourth-order valence-corrected chi connectivity index (χ4v) is 1.98. The highest BCUT2D eigenvalue weighted by molar-refractivity contribution is 6.30. The number of hydrogen-bond donors (Lipinski definition) is 1. The molecule has 1 aromatic heterocycles. The highest BCUT2D eigenvalue weighted by atomic mass is 35.5. The number of carbonyl (C=O) groups excluding carboxylic acids is 1. The molecule has 7 heteroatoms. The van der Waals surface area contributed by atoms with Gasteiger partial charge >= 0.3 is 6.18 Å². The number of rotatable bonds is 4. The van der Waals surface area contributed by atoms with Gasteiger partial charge in [0.1, 0.15) is 0 Å². The van der Waals surface area contributed by atoms with E-state index in [9.17, 15) is 18.0 Å². The van der Waals surface area contributed by atoms with E-state index in [1.807, 2.05) is 0 Å². The fourth-order valence-electron chi connectivity index (χ4n) is 1.85. The van der Waals surface area contributed by atoms with Crippen molar-refractivity contribution in [2.45, 2.75) is 12.3 Å². The second kappa shape index (κ2) is 5.58. The molecule has 1 heterocycles. The van der Waals surface area contributed by atoms with Crippen LogP contribution in [0, 0.1) is 0 Å². The number of aromatic amines is 1. The molecule has 1 atom stereocenters. The van der Waals surface area contributed by atoms with Gasteiger partial charge in [0.15, 0.2) is 6.10 Å². The van der Waals surface area contributed by atoms with Gasteiger partial charge in [0.05, 0.1) is 11.3 Å². The zero-order valence-electron chi connectivity index (χ0n) is 9.95. The molecule has 0 spiro atoms. The van der Waals surface area contributed by atoms with Crippen LogP contribution in [0.1, 0.15) is 22.9 Å². The van der Waals surface area contributed by atoms with Crippen LogP contribution in [0.25, 0.3) is 0 Å². The standard InChI is InChI=1S/C13H9ClF3NO2/c14-9-3-1-8(2-4-9)12(20-7-19)11-10(5-6-18-11)13(15,16)17/h1-7,12,18H. The van der Waals surface area contributed by atoms with Crippen LogP contribution in [0.15, 0.2) is 36.5 Å². The third-order valence-electron chi connectivity index (χ3n) is 2.71. The summed E-state index contributed by atoms with van der Waals surface area (Å²) >= 11 is 5.72. The second-order valence-electron chi connectivity index (χ2n) is 3.97. The molecule has 1 N–H and O–H groups in total. The number of alkyl halides is 3. The number of carbonyl (C=O) groups is 1. The van der Waals surface area contributed by atoms with Crippen molar-refractivity contribution in [3.63, 3.8) is 0 Å². The van der Waals surface area contributed by atoms with Crippen LogP contribution in [0.2, 0.25) is 5.02 Å². The Morgan fingerprint density at radius 2 is 1.85 bits per heavy atom. The third kappa shape index (κ3) is 2.96. The first kappa shape index (κ1) is 14.5. The van der Waals surface area contributed by atoms with Crippen molar-refractivity contribution in [2.24, 2.45) is 0 Å². The number of halogens is 4. The van der Waals surface area contributed by atoms with Gasteiger partial charge in [-0.3, -0.25) is 4.79 Å². The van der Waals surface area contributed by atoms with E-state index in [1.54, 1.807) is 0 Å². The predicted octanol–water partition coefficient (Wildman–Crippen LogP) is 3.95. The van der Waals surface area contributed by atoms with E-state index in [0.29, 0.717) is 10.6 Å². The van der Waals surface area contributed by atoms with Gasteiger partial charge in [-0.05, 0) is 23.8 Å². The Balaban J connectivity index is 2.46. The molecule has 2 aromatic rings. The lowest BCUT2D eigenvalue weighted by Gasteiger charge is -2.17. The normalized spacial score (nSPS) is 13.0. The van der Waals surface area contributed by atoms with Gasteiger partial charge in [0.2, 0.25) is 0 Å². The van der Waals surface area contributed by atoms with E-state index in [-0.39, 0.29) is 12.2 Å². The minimum atomic E-state index is -4.54. The Bertz CT molecular complexity index is 592. The van der Waals surface area contributed by atoms with Crippen LogP contribution in [0.5, 0.6) is 0 Å². The number of hydrogen-bond acceptors (Lipinski definition) is 2. The molecule has 0 aliphatic rings. The van der Waals surface area contributed by atoms with Gasteiger partial charge in [-0.15, -0.1) is 0 Å². The predicted molar refractivity (Wildman–Crippen MR) is 66.2 cm³/mol. The molecule has 0 bridgehead atoms. The van der Waals surface area contributed by atoms with Gasteiger partial charge in [0.25, 0.3) is 6.47 Å². The van der Waals surface area contributed by atoms with Crippen LogP contribution in [0.4, 0.5) is 13.2 Å². The molecule has 0 fully saturated rings. The van der Waals surface area contributed by atoms with E-state index >= 15 is 0 Å². The number of H-pyrrole nitrogens is 1. The molecule has 1 unspecified atom stereocenters. The number of nitrogens with one attached hydrogen (secondary N) is 1. The molecule has 0 amide bonds. The smallest absolute Gasteiger partial charge is 0.418 e. The Labute approximate surface area is 117 Å². The van der Waals surface area contributed by atoms with Crippen LogP contribution >= 0.6 is 11.6 Å². The maximum atomic E-state index is 12.9. The lowest BCUT2D eigenvalue weighted by Crippen LogP contribution is -2.13. The first-order valence-electron chi connectivity index (χ1n) is 5.52. The summed E-state index contributed by atoms with van der Waals surface area (Å²) in [5.41, 5.74) is -0.722. The fraction of sp³-hybridized carbons (Fsp3) is 0.154. The molecular weight excluding hydrogens is 295 g/mol.